The average molecular weight is 333 g/mol. The third-order valence-electron chi connectivity index (χ3n) is 1.89. The molecule has 1 aliphatic rings. The molecule has 2 rings (SSSR count). The van der Waals surface area contributed by atoms with Gasteiger partial charge in [-0.3, -0.25) is 4.79 Å². The summed E-state index contributed by atoms with van der Waals surface area (Å²) in [5, 5.41) is 11.6. The molecule has 4 nitrogen and oxygen atoms in total. The monoisotopic (exact) mass is 331 g/mol. The molecule has 0 spiro atoms. The van der Waals surface area contributed by atoms with Crippen LogP contribution in [-0.4, -0.2) is 23.0 Å². The lowest BCUT2D eigenvalue weighted by Crippen LogP contribution is -2.19. The van der Waals surface area contributed by atoms with Crippen molar-refractivity contribution in [3.63, 3.8) is 0 Å². The standard InChI is InChI=1S/C10H7BrClN3OS/c11-8-3-7(12)2-1-6(8)4-13-15-10-14-9(16)5-17-10/h1-4H,5H2,(H,14,15,16). The van der Waals surface area contributed by atoms with Crippen molar-refractivity contribution < 1.29 is 4.79 Å². The van der Waals surface area contributed by atoms with Crippen LogP contribution in [-0.2, 0) is 4.79 Å². The first-order valence-electron chi connectivity index (χ1n) is 4.64. The smallest absolute Gasteiger partial charge is 0.236 e. The minimum atomic E-state index is -0.0448. The molecule has 1 aromatic carbocycles. The molecule has 0 aromatic heterocycles. The molecule has 1 N–H and O–H groups in total. The molecule has 1 fully saturated rings. The number of amides is 1. The number of nitrogens with zero attached hydrogens (tertiary/aromatic N) is 2. The number of thioether (sulfide) groups is 1. The molecule has 0 unspecified atom stereocenters. The van der Waals surface area contributed by atoms with Gasteiger partial charge in [0.25, 0.3) is 0 Å². The normalized spacial score (nSPS) is 18.0. The number of carbonyl (C=O) groups excluding carboxylic acids is 1. The van der Waals surface area contributed by atoms with Crippen LogP contribution in [0.1, 0.15) is 5.56 Å². The molecule has 0 aliphatic carbocycles. The largest absolute Gasteiger partial charge is 0.303 e. The highest BCUT2D eigenvalue weighted by Crippen LogP contribution is 2.20. The maximum Gasteiger partial charge on any atom is 0.236 e. The third kappa shape index (κ3) is 3.55. The van der Waals surface area contributed by atoms with E-state index in [1.807, 2.05) is 6.07 Å². The van der Waals surface area contributed by atoms with Gasteiger partial charge in [0.15, 0.2) is 5.17 Å². The molecule has 1 amide bonds. The van der Waals surface area contributed by atoms with Gasteiger partial charge in [-0.15, -0.1) is 5.10 Å². The van der Waals surface area contributed by atoms with E-state index in [1.165, 1.54) is 11.8 Å². The van der Waals surface area contributed by atoms with Gasteiger partial charge in [0.1, 0.15) is 0 Å². The molecule has 0 bridgehead atoms. The Morgan fingerprint density at radius 3 is 3.00 bits per heavy atom. The zero-order valence-corrected chi connectivity index (χ0v) is 11.6. The lowest BCUT2D eigenvalue weighted by molar-refractivity contribution is -0.116. The highest BCUT2D eigenvalue weighted by atomic mass is 79.9. The number of nitrogens with one attached hydrogen (secondary N) is 1. The second kappa shape index (κ2) is 5.66. The Bertz CT molecular complexity index is 518. The van der Waals surface area contributed by atoms with Crippen LogP contribution in [0.2, 0.25) is 5.02 Å². The Morgan fingerprint density at radius 2 is 2.35 bits per heavy atom. The van der Waals surface area contributed by atoms with Gasteiger partial charge in [0.05, 0.1) is 12.0 Å². The van der Waals surface area contributed by atoms with Crippen molar-refractivity contribution in [2.24, 2.45) is 10.2 Å². The van der Waals surface area contributed by atoms with E-state index in [4.69, 9.17) is 11.6 Å². The van der Waals surface area contributed by atoms with Gasteiger partial charge < -0.3 is 5.32 Å². The highest BCUT2D eigenvalue weighted by Gasteiger charge is 2.15. The summed E-state index contributed by atoms with van der Waals surface area (Å²) in [6.07, 6.45) is 1.60. The van der Waals surface area contributed by atoms with E-state index in [-0.39, 0.29) is 5.91 Å². The first-order valence-corrected chi connectivity index (χ1v) is 6.79. The minimum Gasteiger partial charge on any atom is -0.303 e. The SMILES string of the molecule is O=C1CSC(=NN=Cc2ccc(Cl)cc2Br)N1. The minimum absolute atomic E-state index is 0.0448. The van der Waals surface area contributed by atoms with Gasteiger partial charge in [-0.05, 0) is 12.1 Å². The van der Waals surface area contributed by atoms with Crippen molar-refractivity contribution in [2.45, 2.75) is 0 Å². The van der Waals surface area contributed by atoms with Crippen molar-refractivity contribution in [3.05, 3.63) is 33.3 Å². The fourth-order valence-corrected chi connectivity index (χ4v) is 2.54. The molecule has 0 radical (unpaired) electrons. The van der Waals surface area contributed by atoms with Crippen LogP contribution in [0.15, 0.2) is 32.9 Å². The van der Waals surface area contributed by atoms with Crippen LogP contribution < -0.4 is 5.32 Å². The number of rotatable bonds is 2. The van der Waals surface area contributed by atoms with Gasteiger partial charge in [0.2, 0.25) is 5.91 Å². The van der Waals surface area contributed by atoms with Crippen molar-refractivity contribution >= 4 is 56.6 Å². The number of halogens is 2. The molecule has 7 heteroatoms. The molecule has 0 saturated carbocycles. The number of benzene rings is 1. The maximum atomic E-state index is 10.9. The molecule has 88 valence electrons. The number of hydrogen-bond donors (Lipinski definition) is 1. The van der Waals surface area contributed by atoms with Crippen LogP contribution >= 0.6 is 39.3 Å². The number of hydrogen-bond acceptors (Lipinski definition) is 4. The summed E-state index contributed by atoms with van der Waals surface area (Å²) >= 11 is 10.5. The third-order valence-corrected chi connectivity index (χ3v) is 3.68. The number of amidine groups is 1. The highest BCUT2D eigenvalue weighted by molar-refractivity contribution is 9.10. The second-order valence-electron chi connectivity index (χ2n) is 3.15. The summed E-state index contributed by atoms with van der Waals surface area (Å²) in [6.45, 7) is 0. The average Bonchev–Trinajstić information content (AvgIpc) is 2.68. The zero-order valence-electron chi connectivity index (χ0n) is 8.48. The molecule has 1 aliphatic heterocycles. The van der Waals surface area contributed by atoms with E-state index in [2.05, 4.69) is 31.4 Å². The lowest BCUT2D eigenvalue weighted by atomic mass is 10.2. The fourth-order valence-electron chi connectivity index (χ4n) is 1.13. The van der Waals surface area contributed by atoms with Gasteiger partial charge in [0, 0.05) is 15.1 Å². The number of carbonyl (C=O) groups is 1. The van der Waals surface area contributed by atoms with E-state index in [0.717, 1.165) is 10.0 Å². The molecule has 17 heavy (non-hydrogen) atoms. The summed E-state index contributed by atoms with van der Waals surface area (Å²) in [7, 11) is 0. The lowest BCUT2D eigenvalue weighted by Gasteiger charge is -1.97. The predicted octanol–water partition coefficient (Wildman–Crippen LogP) is 2.66. The fraction of sp³-hybridized carbons (Fsp3) is 0.100. The molecular weight excluding hydrogens is 326 g/mol. The van der Waals surface area contributed by atoms with Gasteiger partial charge in [-0.25, -0.2) is 0 Å². The van der Waals surface area contributed by atoms with Crippen LogP contribution in [0.3, 0.4) is 0 Å². The van der Waals surface area contributed by atoms with Crippen molar-refractivity contribution in [1.82, 2.24) is 5.32 Å². The quantitative estimate of drug-likeness (QED) is 0.668. The van der Waals surface area contributed by atoms with E-state index < -0.39 is 0 Å². The van der Waals surface area contributed by atoms with E-state index in [9.17, 15) is 4.79 Å². The predicted molar refractivity (Wildman–Crippen MR) is 74.8 cm³/mol. The summed E-state index contributed by atoms with van der Waals surface area (Å²) in [5.74, 6) is 0.357. The van der Waals surface area contributed by atoms with Crippen LogP contribution in [0, 0.1) is 0 Å². The molecule has 0 atom stereocenters. The van der Waals surface area contributed by atoms with Gasteiger partial charge in [-0.2, -0.15) is 5.10 Å². The van der Waals surface area contributed by atoms with Gasteiger partial charge in [-0.1, -0.05) is 45.4 Å². The van der Waals surface area contributed by atoms with E-state index in [1.54, 1.807) is 18.3 Å². The maximum absolute atomic E-state index is 10.9. The van der Waals surface area contributed by atoms with Crippen molar-refractivity contribution in [3.8, 4) is 0 Å². The van der Waals surface area contributed by atoms with Crippen LogP contribution in [0.5, 0.6) is 0 Å². The molecule has 1 aromatic rings. The Hall–Kier alpha value is -0.850. The Morgan fingerprint density at radius 1 is 1.53 bits per heavy atom. The molecule has 1 saturated heterocycles. The summed E-state index contributed by atoms with van der Waals surface area (Å²) < 4.78 is 0.845. The Labute approximate surface area is 116 Å². The van der Waals surface area contributed by atoms with E-state index in [0.29, 0.717) is 15.9 Å². The van der Waals surface area contributed by atoms with E-state index >= 15 is 0 Å². The Kier molecular flexibility index (Phi) is 4.20. The zero-order chi connectivity index (χ0) is 12.3. The first-order chi connectivity index (χ1) is 8.15. The van der Waals surface area contributed by atoms with Crippen molar-refractivity contribution in [1.29, 1.82) is 0 Å². The first kappa shape index (κ1) is 12.6. The van der Waals surface area contributed by atoms with Crippen LogP contribution in [0.4, 0.5) is 0 Å². The topological polar surface area (TPSA) is 53.8 Å². The summed E-state index contributed by atoms with van der Waals surface area (Å²) in [4.78, 5) is 10.9. The summed E-state index contributed by atoms with van der Waals surface area (Å²) in [6, 6.07) is 5.38. The van der Waals surface area contributed by atoms with Crippen molar-refractivity contribution in [2.75, 3.05) is 5.75 Å². The molecular formula is C10H7BrClN3OS. The van der Waals surface area contributed by atoms with Crippen LogP contribution in [0.25, 0.3) is 0 Å². The Balaban J connectivity index is 2.08. The summed E-state index contributed by atoms with van der Waals surface area (Å²) in [5.41, 5.74) is 0.869. The van der Waals surface area contributed by atoms with Gasteiger partial charge >= 0.3 is 0 Å². The molecule has 1 heterocycles. The second-order valence-corrected chi connectivity index (χ2v) is 5.41.